The average Bonchev–Trinajstić information content (AvgIpc) is 3.38. The molecule has 0 saturated heterocycles. The summed E-state index contributed by atoms with van der Waals surface area (Å²) in [6.07, 6.45) is 4.02. The van der Waals surface area contributed by atoms with E-state index in [1.807, 2.05) is 0 Å². The van der Waals surface area contributed by atoms with Gasteiger partial charge in [0.1, 0.15) is 10.6 Å². The molecule has 3 N–H and O–H groups in total. The van der Waals surface area contributed by atoms with Crippen molar-refractivity contribution in [3.63, 3.8) is 0 Å². The maximum atomic E-state index is 13.2. The van der Waals surface area contributed by atoms with Crippen molar-refractivity contribution in [2.24, 2.45) is 0 Å². The molecule has 10 heteroatoms. The number of fused-ring (bicyclic) bond motifs is 1. The number of H-pyrrole nitrogens is 1. The highest BCUT2D eigenvalue weighted by molar-refractivity contribution is 8.00. The fourth-order valence-electron chi connectivity index (χ4n) is 3.55. The van der Waals surface area contributed by atoms with Crippen LogP contribution in [0.4, 0.5) is 9.18 Å². The molecule has 1 aliphatic carbocycles. The molecule has 2 aromatic heterocycles. The largest absolute Gasteiger partial charge is 0.335 e. The van der Waals surface area contributed by atoms with Gasteiger partial charge in [-0.3, -0.25) is 14.9 Å². The summed E-state index contributed by atoms with van der Waals surface area (Å²) in [7, 11) is 0. The van der Waals surface area contributed by atoms with Crippen molar-refractivity contribution in [1.82, 2.24) is 20.6 Å². The third-order valence-corrected chi connectivity index (χ3v) is 7.02. The molecule has 31 heavy (non-hydrogen) atoms. The number of aromatic nitrogens is 2. The number of hydrogen-bond donors (Lipinski definition) is 3. The number of hydrogen-bond acceptors (Lipinski definition) is 6. The van der Waals surface area contributed by atoms with Crippen LogP contribution in [0, 0.1) is 5.82 Å². The highest BCUT2D eigenvalue weighted by atomic mass is 32.2. The molecule has 1 atom stereocenters. The number of amides is 3. The van der Waals surface area contributed by atoms with Gasteiger partial charge < -0.3 is 10.3 Å². The molecule has 2 heterocycles. The van der Waals surface area contributed by atoms with Crippen LogP contribution in [0.1, 0.15) is 32.6 Å². The Morgan fingerprint density at radius 1 is 1.26 bits per heavy atom. The first-order chi connectivity index (χ1) is 14.9. The smallest absolute Gasteiger partial charge is 0.321 e. The van der Waals surface area contributed by atoms with Crippen LogP contribution in [-0.4, -0.2) is 33.2 Å². The second kappa shape index (κ2) is 9.19. The minimum atomic E-state index is -0.633. The number of thiophene rings is 1. The molecule has 3 aromatic rings. The molecule has 1 saturated carbocycles. The lowest BCUT2D eigenvalue weighted by Crippen LogP contribution is -2.45. The number of carbonyl (C=O) groups is 2. The molecule has 1 unspecified atom stereocenters. The summed E-state index contributed by atoms with van der Waals surface area (Å²) >= 11 is 2.37. The number of carbonyl (C=O) groups excluding carboxylic acids is 2. The molecule has 4 rings (SSSR count). The molecule has 1 aliphatic rings. The van der Waals surface area contributed by atoms with Crippen LogP contribution in [0.3, 0.4) is 0 Å². The van der Waals surface area contributed by atoms with Crippen LogP contribution in [0.15, 0.2) is 39.6 Å². The normalized spacial score (nSPS) is 15.2. The molecule has 0 aliphatic heterocycles. The second-order valence-corrected chi connectivity index (χ2v) is 9.60. The van der Waals surface area contributed by atoms with E-state index in [-0.39, 0.29) is 17.4 Å². The number of nitrogens with one attached hydrogen (secondary N) is 3. The summed E-state index contributed by atoms with van der Waals surface area (Å²) in [6, 6.07) is 5.53. The van der Waals surface area contributed by atoms with Gasteiger partial charge in [-0.25, -0.2) is 14.2 Å². The van der Waals surface area contributed by atoms with Crippen molar-refractivity contribution in [3.05, 3.63) is 45.8 Å². The summed E-state index contributed by atoms with van der Waals surface area (Å²) in [4.78, 5) is 44.8. The minimum absolute atomic E-state index is 0.116. The first-order valence-electron chi connectivity index (χ1n) is 9.96. The van der Waals surface area contributed by atoms with Crippen LogP contribution < -0.4 is 16.2 Å². The van der Waals surface area contributed by atoms with E-state index in [1.165, 1.54) is 23.5 Å². The zero-order chi connectivity index (χ0) is 22.0. The van der Waals surface area contributed by atoms with Crippen LogP contribution in [-0.2, 0) is 4.79 Å². The van der Waals surface area contributed by atoms with Crippen molar-refractivity contribution in [2.45, 2.75) is 49.1 Å². The predicted molar refractivity (Wildman–Crippen MR) is 120 cm³/mol. The third kappa shape index (κ3) is 4.96. The number of aromatic amines is 1. The maximum absolute atomic E-state index is 13.2. The monoisotopic (exact) mass is 460 g/mol. The van der Waals surface area contributed by atoms with Gasteiger partial charge in [0.25, 0.3) is 5.56 Å². The lowest BCUT2D eigenvalue weighted by atomic mass is 10.1. The Hall–Kier alpha value is -2.72. The van der Waals surface area contributed by atoms with E-state index < -0.39 is 17.2 Å². The fraction of sp³-hybridized carbons (Fsp3) is 0.333. The maximum Gasteiger partial charge on any atom is 0.321 e. The van der Waals surface area contributed by atoms with Crippen LogP contribution >= 0.6 is 23.1 Å². The molecule has 1 fully saturated rings. The Labute approximate surface area is 185 Å². The number of halogens is 1. The van der Waals surface area contributed by atoms with E-state index in [1.54, 1.807) is 24.4 Å². The van der Waals surface area contributed by atoms with Gasteiger partial charge in [-0.1, -0.05) is 36.7 Å². The third-order valence-electron chi connectivity index (χ3n) is 5.16. The fourth-order valence-corrected chi connectivity index (χ4v) is 5.36. The molecular formula is C21H21FN4O3S2. The Balaban J connectivity index is 1.46. The van der Waals surface area contributed by atoms with Crippen molar-refractivity contribution < 1.29 is 14.0 Å². The van der Waals surface area contributed by atoms with Crippen LogP contribution in [0.2, 0.25) is 0 Å². The molecule has 7 nitrogen and oxygen atoms in total. The summed E-state index contributed by atoms with van der Waals surface area (Å²) in [5.74, 6) is -0.806. The van der Waals surface area contributed by atoms with Gasteiger partial charge in [-0.2, -0.15) is 0 Å². The van der Waals surface area contributed by atoms with Gasteiger partial charge in [0, 0.05) is 17.0 Å². The average molecular weight is 461 g/mol. The molecule has 3 amide bonds. The zero-order valence-corrected chi connectivity index (χ0v) is 18.4. The number of imide groups is 1. The van der Waals surface area contributed by atoms with Gasteiger partial charge in [0.15, 0.2) is 5.16 Å². The lowest BCUT2D eigenvalue weighted by molar-refractivity contribution is -0.119. The van der Waals surface area contributed by atoms with Crippen LogP contribution in [0.25, 0.3) is 21.3 Å². The molecule has 0 radical (unpaired) electrons. The van der Waals surface area contributed by atoms with Crippen LogP contribution in [0.5, 0.6) is 0 Å². The minimum Gasteiger partial charge on any atom is -0.335 e. The van der Waals surface area contributed by atoms with Gasteiger partial charge in [0.05, 0.1) is 10.6 Å². The van der Waals surface area contributed by atoms with E-state index in [4.69, 9.17) is 0 Å². The van der Waals surface area contributed by atoms with Gasteiger partial charge >= 0.3 is 6.03 Å². The van der Waals surface area contributed by atoms with E-state index >= 15 is 0 Å². The summed E-state index contributed by atoms with van der Waals surface area (Å²) < 4.78 is 13.2. The predicted octanol–water partition coefficient (Wildman–Crippen LogP) is 4.04. The lowest BCUT2D eigenvalue weighted by Gasteiger charge is -2.14. The standard InChI is InChI=1S/C21H21FN4O3S2/c1-11(17(27)24-20(29)23-14-4-2-3-5-14)31-21-25-18(28)16-15(10-30-19(16)26-21)12-6-8-13(22)9-7-12/h6-11,14H,2-5H2,1H3,(H,25,26,28)(H2,23,24,27,29). The topological polar surface area (TPSA) is 104 Å². The number of nitrogens with zero attached hydrogens (tertiary/aromatic N) is 1. The van der Waals surface area contributed by atoms with Gasteiger partial charge in [-0.15, -0.1) is 11.3 Å². The van der Waals surface area contributed by atoms with Gasteiger partial charge in [0.2, 0.25) is 5.91 Å². The Morgan fingerprint density at radius 2 is 1.97 bits per heavy atom. The van der Waals surface area contributed by atoms with Crippen molar-refractivity contribution in [3.8, 4) is 11.1 Å². The zero-order valence-electron chi connectivity index (χ0n) is 16.7. The Bertz CT molecular complexity index is 1170. The number of rotatable bonds is 5. The number of benzene rings is 1. The highest BCUT2D eigenvalue weighted by Gasteiger charge is 2.22. The van der Waals surface area contributed by atoms with E-state index in [0.29, 0.717) is 20.9 Å². The van der Waals surface area contributed by atoms with E-state index in [2.05, 4.69) is 20.6 Å². The molecule has 0 bridgehead atoms. The summed E-state index contributed by atoms with van der Waals surface area (Å²) in [5.41, 5.74) is 1.07. The molecular weight excluding hydrogens is 439 g/mol. The highest BCUT2D eigenvalue weighted by Crippen LogP contribution is 2.32. The van der Waals surface area contributed by atoms with E-state index in [0.717, 1.165) is 43.0 Å². The Kier molecular flexibility index (Phi) is 6.38. The SMILES string of the molecule is CC(Sc1nc2scc(-c3ccc(F)cc3)c2c(=O)[nH]1)C(=O)NC(=O)NC1CCCC1. The quantitative estimate of drug-likeness (QED) is 0.394. The summed E-state index contributed by atoms with van der Waals surface area (Å²) in [5, 5.41) is 7.05. The van der Waals surface area contributed by atoms with Gasteiger partial charge in [-0.05, 0) is 37.5 Å². The van der Waals surface area contributed by atoms with E-state index in [9.17, 15) is 18.8 Å². The van der Waals surface area contributed by atoms with Crippen molar-refractivity contribution >= 4 is 45.3 Å². The number of urea groups is 1. The molecule has 162 valence electrons. The number of thioether (sulfide) groups is 1. The molecule has 1 aromatic carbocycles. The first-order valence-corrected chi connectivity index (χ1v) is 11.7. The second-order valence-electron chi connectivity index (χ2n) is 7.41. The summed E-state index contributed by atoms with van der Waals surface area (Å²) in [6.45, 7) is 1.64. The first kappa shape index (κ1) is 21.5. The molecule has 0 spiro atoms. The Morgan fingerprint density at radius 3 is 2.68 bits per heavy atom. The van der Waals surface area contributed by atoms with Crippen molar-refractivity contribution in [1.29, 1.82) is 0 Å². The van der Waals surface area contributed by atoms with Crippen molar-refractivity contribution in [2.75, 3.05) is 0 Å².